The first-order valence-corrected chi connectivity index (χ1v) is 19.4. The van der Waals surface area contributed by atoms with Crippen molar-refractivity contribution in [3.8, 4) is 0 Å². The van der Waals surface area contributed by atoms with E-state index in [-0.39, 0.29) is 11.6 Å². The summed E-state index contributed by atoms with van der Waals surface area (Å²) in [6, 6.07) is 0. The zero-order valence-corrected chi connectivity index (χ0v) is 30.1. The van der Waals surface area contributed by atoms with Crippen LogP contribution in [0, 0.1) is 0 Å². The third-order valence-electron chi connectivity index (χ3n) is 8.73. The van der Waals surface area contributed by atoms with Gasteiger partial charge in [0.25, 0.3) is 0 Å². The Labute approximate surface area is 280 Å². The minimum Gasteiger partial charge on any atom is -0.351 e. The van der Waals surface area contributed by atoms with E-state index in [9.17, 15) is 9.59 Å². The van der Waals surface area contributed by atoms with Gasteiger partial charge >= 0.3 is 0 Å². The number of ketones is 2. The molecule has 260 valence electrons. The van der Waals surface area contributed by atoms with E-state index in [2.05, 4.69) is 51.3 Å². The van der Waals surface area contributed by atoms with Gasteiger partial charge < -0.3 is 4.74 Å². The van der Waals surface area contributed by atoms with Crippen LogP contribution in [0.4, 0.5) is 0 Å². The SMILES string of the molecule is C=CC(OC(C=C)C(=O)CCCCCCCC=CCCCCCCCC)C(=O)CCCCCCCC=CCCCCCCCC. The van der Waals surface area contributed by atoms with E-state index in [1.807, 2.05) is 0 Å². The van der Waals surface area contributed by atoms with Gasteiger partial charge in [0.2, 0.25) is 0 Å². The molecule has 0 heterocycles. The monoisotopic (exact) mass is 627 g/mol. The lowest BCUT2D eigenvalue weighted by atomic mass is 10.0. The predicted molar refractivity (Wildman–Crippen MR) is 198 cm³/mol. The van der Waals surface area contributed by atoms with Crippen LogP contribution < -0.4 is 0 Å². The third-order valence-corrected chi connectivity index (χ3v) is 8.73. The molecule has 0 aromatic heterocycles. The predicted octanol–water partition coefficient (Wildman–Crippen LogP) is 13.3. The molecule has 0 aliphatic rings. The smallest absolute Gasteiger partial charge is 0.165 e. The maximum Gasteiger partial charge on any atom is 0.165 e. The van der Waals surface area contributed by atoms with Gasteiger partial charge in [-0.2, -0.15) is 0 Å². The van der Waals surface area contributed by atoms with E-state index in [1.165, 1.54) is 128 Å². The number of rotatable bonds is 36. The van der Waals surface area contributed by atoms with Crippen LogP contribution in [0.1, 0.15) is 194 Å². The normalized spacial score (nSPS) is 13.0. The Hall–Kier alpha value is -1.74. The fourth-order valence-corrected chi connectivity index (χ4v) is 5.71. The largest absolute Gasteiger partial charge is 0.351 e. The Balaban J connectivity index is 3.86. The van der Waals surface area contributed by atoms with Gasteiger partial charge in [-0.25, -0.2) is 0 Å². The zero-order chi connectivity index (χ0) is 33.1. The number of hydrogen-bond donors (Lipinski definition) is 0. The van der Waals surface area contributed by atoms with Crippen molar-refractivity contribution < 1.29 is 14.3 Å². The van der Waals surface area contributed by atoms with E-state index < -0.39 is 12.2 Å². The third kappa shape index (κ3) is 29.4. The Morgan fingerprint density at radius 3 is 1.00 bits per heavy atom. The molecule has 2 unspecified atom stereocenters. The highest BCUT2D eigenvalue weighted by molar-refractivity contribution is 5.87. The van der Waals surface area contributed by atoms with Gasteiger partial charge in [-0.3, -0.25) is 9.59 Å². The van der Waals surface area contributed by atoms with Crippen molar-refractivity contribution in [3.63, 3.8) is 0 Å². The van der Waals surface area contributed by atoms with Crippen LogP contribution in [0.3, 0.4) is 0 Å². The maximum atomic E-state index is 12.7. The number of carbonyl (C=O) groups excluding carboxylic acids is 2. The van der Waals surface area contributed by atoms with Gasteiger partial charge in [0.1, 0.15) is 12.2 Å². The molecule has 0 N–H and O–H groups in total. The van der Waals surface area contributed by atoms with Gasteiger partial charge in [0.05, 0.1) is 0 Å². The van der Waals surface area contributed by atoms with Crippen molar-refractivity contribution in [3.05, 3.63) is 49.6 Å². The summed E-state index contributed by atoms with van der Waals surface area (Å²) in [5.74, 6) is 0.0339. The first-order valence-electron chi connectivity index (χ1n) is 19.4. The standard InChI is InChI=1S/C42H74O3/c1-5-9-11-13-15-17-19-21-23-25-27-29-31-33-35-37-39(43)41(7-3)45-42(8-4)40(44)38-36-34-32-30-28-26-24-22-20-18-16-14-12-10-6-2/h7-8,21-24,41-42H,3-6,9-20,25-38H2,1-2H3. The van der Waals surface area contributed by atoms with Crippen molar-refractivity contribution in [1.29, 1.82) is 0 Å². The van der Waals surface area contributed by atoms with Crippen LogP contribution in [0.5, 0.6) is 0 Å². The Bertz CT molecular complexity index is 687. The van der Waals surface area contributed by atoms with Crippen molar-refractivity contribution in [2.24, 2.45) is 0 Å². The van der Waals surface area contributed by atoms with E-state index in [4.69, 9.17) is 4.74 Å². The Morgan fingerprint density at radius 1 is 0.444 bits per heavy atom. The lowest BCUT2D eigenvalue weighted by Gasteiger charge is -2.19. The van der Waals surface area contributed by atoms with Crippen molar-refractivity contribution >= 4 is 11.6 Å². The molecule has 0 saturated carbocycles. The Morgan fingerprint density at radius 2 is 0.711 bits per heavy atom. The molecule has 0 aliphatic carbocycles. The minimum atomic E-state index is -0.733. The molecule has 0 aromatic rings. The van der Waals surface area contributed by atoms with E-state index in [0.29, 0.717) is 12.8 Å². The molecule has 45 heavy (non-hydrogen) atoms. The highest BCUT2D eigenvalue weighted by Gasteiger charge is 2.23. The summed E-state index contributed by atoms with van der Waals surface area (Å²) in [5, 5.41) is 0. The molecular formula is C42H74O3. The summed E-state index contributed by atoms with van der Waals surface area (Å²) in [5.41, 5.74) is 0. The molecule has 2 atom stereocenters. The molecule has 0 saturated heterocycles. The maximum absolute atomic E-state index is 12.7. The summed E-state index contributed by atoms with van der Waals surface area (Å²) < 4.78 is 5.87. The van der Waals surface area contributed by atoms with Gasteiger partial charge in [-0.15, -0.1) is 13.2 Å². The second-order valence-corrected chi connectivity index (χ2v) is 13.0. The van der Waals surface area contributed by atoms with Crippen molar-refractivity contribution in [2.45, 2.75) is 206 Å². The first-order chi connectivity index (χ1) is 22.1. The van der Waals surface area contributed by atoms with E-state index >= 15 is 0 Å². The second kappa shape index (κ2) is 35.1. The Kier molecular flexibility index (Phi) is 33.8. The topological polar surface area (TPSA) is 43.4 Å². The molecule has 0 radical (unpaired) electrons. The van der Waals surface area contributed by atoms with Crippen LogP contribution >= 0.6 is 0 Å². The van der Waals surface area contributed by atoms with E-state index in [0.717, 1.165) is 51.4 Å². The van der Waals surface area contributed by atoms with Gasteiger partial charge in [-0.1, -0.05) is 153 Å². The number of carbonyl (C=O) groups is 2. The van der Waals surface area contributed by atoms with Crippen molar-refractivity contribution in [2.75, 3.05) is 0 Å². The summed E-state index contributed by atoms with van der Waals surface area (Å²) in [4.78, 5) is 25.5. The molecule has 0 amide bonds. The van der Waals surface area contributed by atoms with Crippen LogP contribution in [-0.2, 0) is 14.3 Å². The average Bonchev–Trinajstić information content (AvgIpc) is 3.05. The van der Waals surface area contributed by atoms with Crippen LogP contribution in [0.25, 0.3) is 0 Å². The van der Waals surface area contributed by atoms with Gasteiger partial charge in [0, 0.05) is 12.8 Å². The molecule has 3 heteroatoms. The second-order valence-electron chi connectivity index (χ2n) is 13.0. The van der Waals surface area contributed by atoms with Crippen LogP contribution in [0.2, 0.25) is 0 Å². The average molecular weight is 627 g/mol. The number of ether oxygens (including phenoxy) is 1. The molecule has 0 aromatic carbocycles. The molecule has 0 bridgehead atoms. The van der Waals surface area contributed by atoms with E-state index in [1.54, 1.807) is 0 Å². The minimum absolute atomic E-state index is 0.0169. The lowest BCUT2D eigenvalue weighted by molar-refractivity contribution is -0.137. The lowest BCUT2D eigenvalue weighted by Crippen LogP contribution is -2.31. The van der Waals surface area contributed by atoms with Crippen LogP contribution in [-0.4, -0.2) is 23.8 Å². The highest BCUT2D eigenvalue weighted by atomic mass is 16.5. The molecule has 3 nitrogen and oxygen atoms in total. The summed E-state index contributed by atoms with van der Waals surface area (Å²) in [6.45, 7) is 12.1. The number of hydrogen-bond acceptors (Lipinski definition) is 3. The molecule has 0 aliphatic heterocycles. The van der Waals surface area contributed by atoms with Crippen molar-refractivity contribution in [1.82, 2.24) is 0 Å². The summed E-state index contributed by atoms with van der Waals surface area (Å²) in [7, 11) is 0. The zero-order valence-electron chi connectivity index (χ0n) is 30.1. The molecular weight excluding hydrogens is 552 g/mol. The first kappa shape index (κ1) is 43.3. The number of unbranched alkanes of at least 4 members (excludes halogenated alkanes) is 22. The summed E-state index contributed by atoms with van der Waals surface area (Å²) in [6.07, 6.45) is 44.0. The number of Topliss-reactive ketones (excluding diaryl/α,β-unsaturated/α-hetero) is 2. The molecule has 0 rings (SSSR count). The number of allylic oxidation sites excluding steroid dienone is 4. The molecule has 0 fully saturated rings. The quantitative estimate of drug-likeness (QED) is 0.0513. The van der Waals surface area contributed by atoms with Gasteiger partial charge in [0.15, 0.2) is 11.6 Å². The fraction of sp³-hybridized carbons (Fsp3) is 0.762. The van der Waals surface area contributed by atoms with Gasteiger partial charge in [-0.05, 0) is 64.2 Å². The highest BCUT2D eigenvalue weighted by Crippen LogP contribution is 2.15. The summed E-state index contributed by atoms with van der Waals surface area (Å²) >= 11 is 0. The molecule has 0 spiro atoms. The van der Waals surface area contributed by atoms with Crippen LogP contribution in [0.15, 0.2) is 49.6 Å². The fourth-order valence-electron chi connectivity index (χ4n) is 5.71.